The van der Waals surface area contributed by atoms with Crippen molar-refractivity contribution in [3.8, 4) is 11.8 Å². The van der Waals surface area contributed by atoms with E-state index in [0.717, 1.165) is 17.1 Å². The van der Waals surface area contributed by atoms with Crippen molar-refractivity contribution < 1.29 is 13.9 Å². The minimum atomic E-state index is -0.0962. The van der Waals surface area contributed by atoms with E-state index in [2.05, 4.69) is 6.07 Å². The highest BCUT2D eigenvalue weighted by Gasteiger charge is 2.17. The summed E-state index contributed by atoms with van der Waals surface area (Å²) < 4.78 is 13.0. The summed E-state index contributed by atoms with van der Waals surface area (Å²) in [6.07, 6.45) is 1.64. The lowest BCUT2D eigenvalue weighted by atomic mass is 10.1. The predicted octanol–water partition coefficient (Wildman–Crippen LogP) is 3.88. The van der Waals surface area contributed by atoms with Gasteiger partial charge in [0.15, 0.2) is 6.61 Å². The number of benzene rings is 1. The van der Waals surface area contributed by atoms with E-state index in [1.165, 1.54) is 0 Å². The average molecular weight is 334 g/mol. The average Bonchev–Trinajstić information content (AvgIpc) is 3.23. The van der Waals surface area contributed by atoms with Crippen molar-refractivity contribution in [3.05, 3.63) is 77.0 Å². The lowest BCUT2D eigenvalue weighted by molar-refractivity contribution is 0.0920. The molecule has 0 aliphatic heterocycles. The number of carbonyl (C=O) groups excluding carboxylic acids is 1. The first-order valence-electron chi connectivity index (χ1n) is 7.93. The molecule has 0 aliphatic carbocycles. The molecule has 0 saturated heterocycles. The summed E-state index contributed by atoms with van der Waals surface area (Å²) in [4.78, 5) is 12.5. The van der Waals surface area contributed by atoms with E-state index in [4.69, 9.17) is 14.4 Å². The topological polar surface area (TPSA) is 68.2 Å². The first kappa shape index (κ1) is 16.6. The molecule has 25 heavy (non-hydrogen) atoms. The normalized spacial score (nSPS) is 10.4. The molecule has 0 N–H and O–H groups in total. The van der Waals surface area contributed by atoms with Crippen LogP contribution in [0.1, 0.15) is 33.1 Å². The maximum atomic E-state index is 12.5. The smallest absolute Gasteiger partial charge is 0.202 e. The molecule has 0 bridgehead atoms. The van der Waals surface area contributed by atoms with Crippen LogP contribution in [0.15, 0.2) is 53.1 Å². The number of rotatable bonds is 6. The van der Waals surface area contributed by atoms with Crippen molar-refractivity contribution in [2.45, 2.75) is 20.4 Å². The Morgan fingerprint density at radius 1 is 1.24 bits per heavy atom. The molecule has 3 rings (SSSR count). The zero-order chi connectivity index (χ0) is 17.8. The molecule has 126 valence electrons. The van der Waals surface area contributed by atoms with Gasteiger partial charge in [0.25, 0.3) is 0 Å². The number of carbonyl (C=O) groups is 1. The highest BCUT2D eigenvalue weighted by molar-refractivity contribution is 5.98. The van der Waals surface area contributed by atoms with Crippen molar-refractivity contribution in [2.24, 2.45) is 0 Å². The first-order valence-corrected chi connectivity index (χ1v) is 7.93. The molecule has 0 spiro atoms. The standard InChI is InChI=1S/C20H18N2O3/c1-14-9-19(15(2)22(14)12-18-7-4-8-24-18)20(23)13-25-17-6-3-5-16(10-17)11-21/h3-10H,12-13H2,1-2H3. The summed E-state index contributed by atoms with van der Waals surface area (Å²) in [5.41, 5.74) is 3.01. The maximum Gasteiger partial charge on any atom is 0.202 e. The fourth-order valence-corrected chi connectivity index (χ4v) is 2.77. The molecule has 0 amide bonds. The molecule has 5 nitrogen and oxygen atoms in total. The van der Waals surface area contributed by atoms with Crippen molar-refractivity contribution >= 4 is 5.78 Å². The van der Waals surface area contributed by atoms with Crippen LogP contribution >= 0.6 is 0 Å². The van der Waals surface area contributed by atoms with E-state index < -0.39 is 0 Å². The number of nitrogens with zero attached hydrogens (tertiary/aromatic N) is 2. The van der Waals surface area contributed by atoms with Crippen molar-refractivity contribution in [1.29, 1.82) is 5.26 Å². The van der Waals surface area contributed by atoms with Gasteiger partial charge >= 0.3 is 0 Å². The van der Waals surface area contributed by atoms with Crippen LogP contribution < -0.4 is 4.74 Å². The number of nitriles is 1. The van der Waals surface area contributed by atoms with Gasteiger partial charge in [-0.25, -0.2) is 0 Å². The van der Waals surface area contributed by atoms with E-state index in [9.17, 15) is 4.79 Å². The fourth-order valence-electron chi connectivity index (χ4n) is 2.77. The van der Waals surface area contributed by atoms with E-state index in [1.807, 2.05) is 36.6 Å². The highest BCUT2D eigenvalue weighted by Crippen LogP contribution is 2.19. The summed E-state index contributed by atoms with van der Waals surface area (Å²) in [6.45, 7) is 4.40. The Hall–Kier alpha value is -3.26. The summed E-state index contributed by atoms with van der Waals surface area (Å²) in [6, 6.07) is 14.4. The molecule has 0 saturated carbocycles. The molecule has 0 fully saturated rings. The minimum absolute atomic E-state index is 0.0695. The van der Waals surface area contributed by atoms with Crippen LogP contribution in [0.3, 0.4) is 0 Å². The van der Waals surface area contributed by atoms with Crippen LogP contribution in [-0.2, 0) is 6.54 Å². The molecule has 2 heterocycles. The van der Waals surface area contributed by atoms with Crippen LogP contribution in [0.2, 0.25) is 0 Å². The predicted molar refractivity (Wildman–Crippen MR) is 92.7 cm³/mol. The molecule has 0 atom stereocenters. The fraction of sp³-hybridized carbons (Fsp3) is 0.200. The molecule has 0 unspecified atom stereocenters. The van der Waals surface area contributed by atoms with Crippen molar-refractivity contribution in [3.63, 3.8) is 0 Å². The Balaban J connectivity index is 1.73. The van der Waals surface area contributed by atoms with Gasteiger partial charge in [-0.2, -0.15) is 5.26 Å². The van der Waals surface area contributed by atoms with E-state index >= 15 is 0 Å². The molecule has 1 aromatic carbocycles. The molecule has 3 aromatic rings. The summed E-state index contributed by atoms with van der Waals surface area (Å²) >= 11 is 0. The Bertz CT molecular complexity index is 931. The summed E-state index contributed by atoms with van der Waals surface area (Å²) in [5.74, 6) is 1.25. The lowest BCUT2D eigenvalue weighted by Gasteiger charge is -2.08. The number of hydrogen-bond donors (Lipinski definition) is 0. The second-order valence-electron chi connectivity index (χ2n) is 5.80. The zero-order valence-corrected chi connectivity index (χ0v) is 14.2. The van der Waals surface area contributed by atoms with Gasteiger partial charge < -0.3 is 13.7 Å². The van der Waals surface area contributed by atoms with Gasteiger partial charge in [-0.3, -0.25) is 4.79 Å². The third-order valence-electron chi connectivity index (χ3n) is 4.10. The second-order valence-corrected chi connectivity index (χ2v) is 5.80. The van der Waals surface area contributed by atoms with Crippen LogP contribution in [0.25, 0.3) is 0 Å². The van der Waals surface area contributed by atoms with Crippen molar-refractivity contribution in [1.82, 2.24) is 4.57 Å². The monoisotopic (exact) mass is 334 g/mol. The third kappa shape index (κ3) is 3.64. The van der Waals surface area contributed by atoms with Gasteiger partial charge in [0, 0.05) is 17.0 Å². The number of ketones is 1. The Morgan fingerprint density at radius 2 is 2.08 bits per heavy atom. The molecule has 5 heteroatoms. The van der Waals surface area contributed by atoms with E-state index in [1.54, 1.807) is 30.5 Å². The van der Waals surface area contributed by atoms with Crippen LogP contribution in [-0.4, -0.2) is 17.0 Å². The van der Waals surface area contributed by atoms with Crippen LogP contribution in [0, 0.1) is 25.2 Å². The molecule has 0 radical (unpaired) electrons. The first-order chi connectivity index (χ1) is 12.1. The minimum Gasteiger partial charge on any atom is -0.485 e. The molecule has 0 aliphatic rings. The summed E-state index contributed by atoms with van der Waals surface area (Å²) in [5, 5.41) is 8.91. The van der Waals surface area contributed by atoms with Gasteiger partial charge in [-0.15, -0.1) is 0 Å². The number of aromatic nitrogens is 1. The molecular weight excluding hydrogens is 316 g/mol. The maximum absolute atomic E-state index is 12.5. The zero-order valence-electron chi connectivity index (χ0n) is 14.2. The van der Waals surface area contributed by atoms with E-state index in [0.29, 0.717) is 23.4 Å². The molecular formula is C20H18N2O3. The van der Waals surface area contributed by atoms with Crippen molar-refractivity contribution in [2.75, 3.05) is 6.61 Å². The number of ether oxygens (including phenoxy) is 1. The largest absolute Gasteiger partial charge is 0.485 e. The second kappa shape index (κ2) is 7.10. The SMILES string of the molecule is Cc1cc(C(=O)COc2cccc(C#N)c2)c(C)n1Cc1ccco1. The summed E-state index contributed by atoms with van der Waals surface area (Å²) in [7, 11) is 0. The van der Waals surface area contributed by atoms with Gasteiger partial charge in [0.2, 0.25) is 5.78 Å². The van der Waals surface area contributed by atoms with Gasteiger partial charge in [-0.05, 0) is 50.2 Å². The number of hydrogen-bond acceptors (Lipinski definition) is 4. The number of Topliss-reactive ketones (excluding diaryl/α,β-unsaturated/α-hetero) is 1. The molecule has 2 aromatic heterocycles. The highest BCUT2D eigenvalue weighted by atomic mass is 16.5. The lowest BCUT2D eigenvalue weighted by Crippen LogP contribution is -2.13. The van der Waals surface area contributed by atoms with Crippen LogP contribution in [0.4, 0.5) is 0 Å². The number of aryl methyl sites for hydroxylation is 1. The Morgan fingerprint density at radius 3 is 2.80 bits per heavy atom. The third-order valence-corrected chi connectivity index (χ3v) is 4.10. The van der Waals surface area contributed by atoms with Gasteiger partial charge in [-0.1, -0.05) is 6.07 Å². The van der Waals surface area contributed by atoms with E-state index in [-0.39, 0.29) is 12.4 Å². The van der Waals surface area contributed by atoms with Crippen LogP contribution in [0.5, 0.6) is 5.75 Å². The number of furan rings is 1. The quantitative estimate of drug-likeness (QED) is 0.642. The van der Waals surface area contributed by atoms with Gasteiger partial charge in [0.1, 0.15) is 11.5 Å². The van der Waals surface area contributed by atoms with Gasteiger partial charge in [0.05, 0.1) is 24.4 Å². The Kier molecular flexibility index (Phi) is 4.71. The Labute approximate surface area is 146 Å².